The van der Waals surface area contributed by atoms with E-state index in [1.54, 1.807) is 13.1 Å². The van der Waals surface area contributed by atoms with Crippen LogP contribution in [0.1, 0.15) is 12.8 Å². The van der Waals surface area contributed by atoms with E-state index >= 15 is 0 Å². The van der Waals surface area contributed by atoms with Crippen LogP contribution in [0.15, 0.2) is 29.2 Å². The molecule has 94 valence electrons. The van der Waals surface area contributed by atoms with Crippen LogP contribution in [0.5, 0.6) is 0 Å². The Bertz CT molecular complexity index is 497. The molecule has 17 heavy (non-hydrogen) atoms. The van der Waals surface area contributed by atoms with Crippen molar-refractivity contribution in [3.8, 4) is 0 Å². The SMILES string of the molecule is CNC(CS(=O)(=O)c1ccccc1F)C1CC1. The Labute approximate surface area is 101 Å². The van der Waals surface area contributed by atoms with Crippen molar-refractivity contribution in [3.05, 3.63) is 30.1 Å². The summed E-state index contributed by atoms with van der Waals surface area (Å²) in [5.74, 6) is -0.283. The fourth-order valence-electron chi connectivity index (χ4n) is 1.98. The Morgan fingerprint density at radius 3 is 2.59 bits per heavy atom. The summed E-state index contributed by atoms with van der Waals surface area (Å²) in [6.45, 7) is 0. The van der Waals surface area contributed by atoms with E-state index in [0.29, 0.717) is 5.92 Å². The van der Waals surface area contributed by atoms with E-state index in [9.17, 15) is 12.8 Å². The highest BCUT2D eigenvalue weighted by molar-refractivity contribution is 7.91. The average Bonchev–Trinajstić information content (AvgIpc) is 3.10. The molecule has 0 aliphatic heterocycles. The predicted octanol–water partition coefficient (Wildman–Crippen LogP) is 1.60. The van der Waals surface area contributed by atoms with Gasteiger partial charge in [0.05, 0.1) is 5.75 Å². The zero-order chi connectivity index (χ0) is 12.5. The molecule has 5 heteroatoms. The highest BCUT2D eigenvalue weighted by Crippen LogP contribution is 2.33. The smallest absolute Gasteiger partial charge is 0.182 e. The summed E-state index contributed by atoms with van der Waals surface area (Å²) >= 11 is 0. The topological polar surface area (TPSA) is 46.2 Å². The minimum Gasteiger partial charge on any atom is -0.316 e. The monoisotopic (exact) mass is 257 g/mol. The van der Waals surface area contributed by atoms with E-state index in [1.807, 2.05) is 0 Å². The third-order valence-electron chi connectivity index (χ3n) is 3.13. The molecular weight excluding hydrogens is 241 g/mol. The molecule has 2 rings (SSSR count). The number of rotatable bonds is 5. The highest BCUT2D eigenvalue weighted by Gasteiger charge is 2.34. The van der Waals surface area contributed by atoms with Gasteiger partial charge >= 0.3 is 0 Å². The van der Waals surface area contributed by atoms with Crippen molar-refractivity contribution in [2.24, 2.45) is 5.92 Å². The van der Waals surface area contributed by atoms with E-state index in [1.165, 1.54) is 18.2 Å². The molecule has 1 N–H and O–H groups in total. The Morgan fingerprint density at radius 1 is 1.41 bits per heavy atom. The zero-order valence-corrected chi connectivity index (χ0v) is 10.5. The summed E-state index contributed by atoms with van der Waals surface area (Å²) in [6.07, 6.45) is 2.11. The number of sulfone groups is 1. The highest BCUT2D eigenvalue weighted by atomic mass is 32.2. The van der Waals surface area contributed by atoms with E-state index in [0.717, 1.165) is 12.8 Å². The maximum Gasteiger partial charge on any atom is 0.182 e. The molecule has 0 radical (unpaired) electrons. The van der Waals surface area contributed by atoms with Crippen LogP contribution in [0.3, 0.4) is 0 Å². The van der Waals surface area contributed by atoms with Gasteiger partial charge in [-0.1, -0.05) is 12.1 Å². The van der Waals surface area contributed by atoms with Crippen molar-refractivity contribution >= 4 is 9.84 Å². The number of benzene rings is 1. The second kappa shape index (κ2) is 4.74. The maximum absolute atomic E-state index is 13.5. The van der Waals surface area contributed by atoms with Crippen LogP contribution in [0.2, 0.25) is 0 Å². The standard InChI is InChI=1S/C12H16FNO2S/c1-14-11(9-6-7-9)8-17(15,16)12-5-3-2-4-10(12)13/h2-5,9,11,14H,6-8H2,1H3. The van der Waals surface area contributed by atoms with Crippen LogP contribution in [0.25, 0.3) is 0 Å². The van der Waals surface area contributed by atoms with E-state index in [4.69, 9.17) is 0 Å². The zero-order valence-electron chi connectivity index (χ0n) is 9.69. The normalized spacial score (nSPS) is 18.0. The lowest BCUT2D eigenvalue weighted by Gasteiger charge is -2.15. The molecule has 0 bridgehead atoms. The molecule has 1 aromatic rings. The van der Waals surface area contributed by atoms with Gasteiger partial charge in [0.25, 0.3) is 0 Å². The van der Waals surface area contributed by atoms with Crippen molar-refractivity contribution in [3.63, 3.8) is 0 Å². The molecule has 0 spiro atoms. The van der Waals surface area contributed by atoms with Gasteiger partial charge in [-0.2, -0.15) is 0 Å². The van der Waals surface area contributed by atoms with Crippen molar-refractivity contribution in [1.29, 1.82) is 0 Å². The van der Waals surface area contributed by atoms with Crippen molar-refractivity contribution in [2.45, 2.75) is 23.8 Å². The second-order valence-corrected chi connectivity index (χ2v) is 6.45. The summed E-state index contributed by atoms with van der Waals surface area (Å²) in [5.41, 5.74) is 0. The van der Waals surface area contributed by atoms with Crippen LogP contribution in [0.4, 0.5) is 4.39 Å². The largest absolute Gasteiger partial charge is 0.316 e. The predicted molar refractivity (Wildman–Crippen MR) is 64.0 cm³/mol. The van der Waals surface area contributed by atoms with Crippen molar-refractivity contribution in [2.75, 3.05) is 12.8 Å². The molecular formula is C12H16FNO2S. The molecule has 1 aliphatic rings. The lowest BCUT2D eigenvalue weighted by atomic mass is 10.2. The van der Waals surface area contributed by atoms with Crippen LogP contribution >= 0.6 is 0 Å². The van der Waals surface area contributed by atoms with Crippen LogP contribution in [-0.4, -0.2) is 27.3 Å². The van der Waals surface area contributed by atoms with Gasteiger partial charge in [-0.3, -0.25) is 0 Å². The van der Waals surface area contributed by atoms with Gasteiger partial charge in [0.15, 0.2) is 9.84 Å². The fourth-order valence-corrected chi connectivity index (χ4v) is 3.72. The summed E-state index contributed by atoms with van der Waals surface area (Å²) in [4.78, 5) is -0.194. The maximum atomic E-state index is 13.5. The fraction of sp³-hybridized carbons (Fsp3) is 0.500. The first-order valence-electron chi connectivity index (χ1n) is 5.69. The minimum absolute atomic E-state index is 0.0326. The first-order chi connectivity index (χ1) is 8.04. The van der Waals surface area contributed by atoms with Gasteiger partial charge in [-0.15, -0.1) is 0 Å². The molecule has 0 amide bonds. The lowest BCUT2D eigenvalue weighted by Crippen LogP contribution is -2.35. The van der Waals surface area contributed by atoms with E-state index in [-0.39, 0.29) is 16.7 Å². The first kappa shape index (κ1) is 12.5. The number of hydrogen-bond donors (Lipinski definition) is 1. The molecule has 1 aromatic carbocycles. The second-order valence-electron chi connectivity index (χ2n) is 4.44. The minimum atomic E-state index is -3.54. The molecule has 1 unspecified atom stereocenters. The van der Waals surface area contributed by atoms with Crippen LogP contribution in [0, 0.1) is 11.7 Å². The third-order valence-corrected chi connectivity index (χ3v) is 4.93. The molecule has 1 aliphatic carbocycles. The lowest BCUT2D eigenvalue weighted by molar-refractivity contribution is 0.521. The van der Waals surface area contributed by atoms with Gasteiger partial charge in [0.1, 0.15) is 10.7 Å². The van der Waals surface area contributed by atoms with Crippen molar-refractivity contribution < 1.29 is 12.8 Å². The Balaban J connectivity index is 2.21. The van der Waals surface area contributed by atoms with E-state index < -0.39 is 15.7 Å². The van der Waals surface area contributed by atoms with Gasteiger partial charge < -0.3 is 5.32 Å². The molecule has 1 atom stereocenters. The molecule has 0 saturated heterocycles. The average molecular weight is 257 g/mol. The van der Waals surface area contributed by atoms with Gasteiger partial charge in [0, 0.05) is 6.04 Å². The quantitative estimate of drug-likeness (QED) is 0.871. The van der Waals surface area contributed by atoms with Gasteiger partial charge in [-0.05, 0) is 37.9 Å². The number of hydrogen-bond acceptors (Lipinski definition) is 3. The Kier molecular flexibility index (Phi) is 3.49. The number of halogens is 1. The summed E-state index contributed by atoms with van der Waals surface area (Å²) < 4.78 is 37.6. The van der Waals surface area contributed by atoms with Gasteiger partial charge in [-0.25, -0.2) is 12.8 Å². The molecule has 1 saturated carbocycles. The molecule has 3 nitrogen and oxygen atoms in total. The van der Waals surface area contributed by atoms with Crippen molar-refractivity contribution in [1.82, 2.24) is 5.32 Å². The van der Waals surface area contributed by atoms with Crippen LogP contribution < -0.4 is 5.32 Å². The summed E-state index contributed by atoms with van der Waals surface area (Å²) in [7, 11) is -1.79. The summed E-state index contributed by atoms with van der Waals surface area (Å²) in [5, 5.41) is 3.01. The van der Waals surface area contributed by atoms with E-state index in [2.05, 4.69) is 5.32 Å². The Hall–Kier alpha value is -0.940. The summed E-state index contributed by atoms with van der Waals surface area (Å²) in [6, 6.07) is 5.47. The number of nitrogens with one attached hydrogen (secondary N) is 1. The molecule has 1 fully saturated rings. The van der Waals surface area contributed by atoms with Crippen LogP contribution in [-0.2, 0) is 9.84 Å². The third kappa shape index (κ3) is 2.84. The van der Waals surface area contributed by atoms with Gasteiger partial charge in [0.2, 0.25) is 0 Å². The Morgan fingerprint density at radius 2 is 2.06 bits per heavy atom. The molecule has 0 heterocycles. The molecule has 0 aromatic heterocycles. The first-order valence-corrected chi connectivity index (χ1v) is 7.34.